The summed E-state index contributed by atoms with van der Waals surface area (Å²) in [6, 6.07) is 9.02. The number of nitrogens with one attached hydrogen (secondary N) is 4. The number of hydrogen-bond acceptors (Lipinski definition) is 4. The van der Waals surface area contributed by atoms with Crippen molar-refractivity contribution in [3.05, 3.63) is 42.4 Å². The number of piperidine rings is 1. The second-order valence-corrected chi connectivity index (χ2v) is 6.42. The molecule has 0 bridgehead atoms. The molecule has 0 saturated carbocycles. The molecule has 1 fully saturated rings. The van der Waals surface area contributed by atoms with Crippen LogP contribution in [-0.4, -0.2) is 43.1 Å². The Morgan fingerprint density at radius 3 is 3.04 bits per heavy atom. The normalized spacial score (nSPS) is 18.8. The molecule has 1 aromatic carbocycles. The first-order chi connectivity index (χ1) is 11.1. The summed E-state index contributed by atoms with van der Waals surface area (Å²) >= 11 is 0. The molecule has 3 rings (SSSR count). The molecule has 0 spiro atoms. The molecule has 2 heterocycles. The van der Waals surface area contributed by atoms with Crippen LogP contribution in [0.4, 0.5) is 5.69 Å². The van der Waals surface area contributed by atoms with Crippen molar-refractivity contribution in [3.8, 4) is 0 Å². The van der Waals surface area contributed by atoms with E-state index in [2.05, 4.69) is 63.7 Å². The quantitative estimate of drug-likeness (QED) is 0.662. The van der Waals surface area contributed by atoms with E-state index < -0.39 is 0 Å². The average molecular weight is 313 g/mol. The highest BCUT2D eigenvalue weighted by molar-refractivity contribution is 5.83. The lowest BCUT2D eigenvalue weighted by Gasteiger charge is -2.31. The average Bonchev–Trinajstić information content (AvgIpc) is 2.94. The highest BCUT2D eigenvalue weighted by atomic mass is 15.2. The number of benzene rings is 1. The summed E-state index contributed by atoms with van der Waals surface area (Å²) in [5, 5.41) is 11.3. The number of anilines is 1. The highest BCUT2D eigenvalue weighted by Crippen LogP contribution is 2.19. The fourth-order valence-electron chi connectivity index (χ4n) is 3.23. The Hall–Kier alpha value is -2.14. The van der Waals surface area contributed by atoms with Gasteiger partial charge in [-0.1, -0.05) is 6.58 Å². The monoisotopic (exact) mass is 313 g/mol. The van der Waals surface area contributed by atoms with Crippen LogP contribution in [0.25, 0.3) is 10.9 Å². The lowest BCUT2D eigenvalue weighted by Crippen LogP contribution is -2.45. The molecule has 0 radical (unpaired) electrons. The fourth-order valence-corrected chi connectivity index (χ4v) is 3.23. The van der Waals surface area contributed by atoms with Crippen LogP contribution in [0.5, 0.6) is 0 Å². The topological polar surface area (TPSA) is 55.1 Å². The second kappa shape index (κ2) is 6.96. The first-order valence-corrected chi connectivity index (χ1v) is 8.31. The van der Waals surface area contributed by atoms with E-state index in [1.54, 1.807) is 0 Å². The number of likely N-dealkylation sites (tertiary alicyclic amines) is 1. The zero-order valence-electron chi connectivity index (χ0n) is 14.1. The smallest absolute Gasteiger partial charge is 0.0918 e. The Morgan fingerprint density at radius 1 is 1.39 bits per heavy atom. The van der Waals surface area contributed by atoms with Crippen molar-refractivity contribution in [3.63, 3.8) is 0 Å². The van der Waals surface area contributed by atoms with Gasteiger partial charge < -0.3 is 25.8 Å². The number of fused-ring (bicyclic) bond motifs is 1. The lowest BCUT2D eigenvalue weighted by atomic mass is 10.1. The summed E-state index contributed by atoms with van der Waals surface area (Å²) in [5.74, 6) is 0.903. The van der Waals surface area contributed by atoms with E-state index >= 15 is 0 Å². The Labute approximate surface area is 138 Å². The van der Waals surface area contributed by atoms with Crippen LogP contribution in [-0.2, 0) is 6.54 Å². The first kappa shape index (κ1) is 15.7. The van der Waals surface area contributed by atoms with Crippen molar-refractivity contribution in [1.29, 1.82) is 0 Å². The van der Waals surface area contributed by atoms with E-state index in [1.165, 1.54) is 24.8 Å². The minimum Gasteiger partial charge on any atom is -0.388 e. The minimum atomic E-state index is 0.495. The van der Waals surface area contributed by atoms with Gasteiger partial charge in [0, 0.05) is 41.9 Å². The second-order valence-electron chi connectivity index (χ2n) is 6.42. The van der Waals surface area contributed by atoms with E-state index in [0.717, 1.165) is 35.8 Å². The molecule has 1 aliphatic rings. The van der Waals surface area contributed by atoms with Crippen molar-refractivity contribution in [2.24, 2.45) is 0 Å². The number of nitrogens with zero attached hydrogens (tertiary/aromatic N) is 1. The molecular formula is C18H27N5. The number of H-pyrrole nitrogens is 1. The summed E-state index contributed by atoms with van der Waals surface area (Å²) in [7, 11) is 4.11. The van der Waals surface area contributed by atoms with Crippen molar-refractivity contribution >= 4 is 16.6 Å². The van der Waals surface area contributed by atoms with E-state index in [-0.39, 0.29) is 0 Å². The van der Waals surface area contributed by atoms with Gasteiger partial charge in [-0.25, -0.2) is 0 Å². The molecule has 1 aliphatic heterocycles. The molecule has 1 aromatic heterocycles. The van der Waals surface area contributed by atoms with Gasteiger partial charge in [-0.2, -0.15) is 0 Å². The maximum Gasteiger partial charge on any atom is 0.0918 e. The Kier molecular flexibility index (Phi) is 4.76. The van der Waals surface area contributed by atoms with Crippen LogP contribution >= 0.6 is 0 Å². The van der Waals surface area contributed by atoms with Crippen molar-refractivity contribution in [2.75, 3.05) is 32.5 Å². The molecule has 5 nitrogen and oxygen atoms in total. The van der Waals surface area contributed by atoms with Gasteiger partial charge in [0.2, 0.25) is 0 Å². The standard InChI is InChI=1S/C18H27N5/c1-13(21-16-5-4-8-23(3)12-16)20-11-17-10-14-9-15(19-2)6-7-18(14)22-17/h6-7,9-10,16,19-22H,1,4-5,8,11-12H2,2-3H3. The number of aromatic nitrogens is 1. The van der Waals surface area contributed by atoms with E-state index in [0.29, 0.717) is 6.04 Å². The van der Waals surface area contributed by atoms with E-state index in [9.17, 15) is 0 Å². The van der Waals surface area contributed by atoms with Crippen molar-refractivity contribution in [2.45, 2.75) is 25.4 Å². The molecule has 1 unspecified atom stereocenters. The molecule has 5 heteroatoms. The third-order valence-corrected chi connectivity index (χ3v) is 4.46. The maximum atomic E-state index is 4.11. The van der Waals surface area contributed by atoms with E-state index in [4.69, 9.17) is 0 Å². The summed E-state index contributed by atoms with van der Waals surface area (Å²) in [5.41, 5.74) is 3.45. The Balaban J connectivity index is 1.54. The van der Waals surface area contributed by atoms with Crippen LogP contribution in [0.1, 0.15) is 18.5 Å². The van der Waals surface area contributed by atoms with Crippen LogP contribution in [0, 0.1) is 0 Å². The van der Waals surface area contributed by atoms with E-state index in [1.807, 2.05) is 7.05 Å². The number of rotatable bonds is 6. The third kappa shape index (κ3) is 3.99. The number of aromatic amines is 1. The summed E-state index contributed by atoms with van der Waals surface area (Å²) in [6.07, 6.45) is 2.46. The lowest BCUT2D eigenvalue weighted by molar-refractivity contribution is 0.233. The first-order valence-electron chi connectivity index (χ1n) is 8.31. The number of likely N-dealkylation sites (N-methyl/N-ethyl adjacent to an activating group) is 1. The molecule has 1 saturated heterocycles. The van der Waals surface area contributed by atoms with Gasteiger partial charge in [-0.05, 0) is 50.7 Å². The zero-order valence-corrected chi connectivity index (χ0v) is 14.1. The molecule has 2 aromatic rings. The molecule has 0 amide bonds. The Morgan fingerprint density at radius 2 is 2.26 bits per heavy atom. The number of hydrogen-bond donors (Lipinski definition) is 4. The van der Waals surface area contributed by atoms with Crippen LogP contribution < -0.4 is 16.0 Å². The Bertz CT molecular complexity index is 675. The van der Waals surface area contributed by atoms with Crippen molar-refractivity contribution in [1.82, 2.24) is 20.5 Å². The van der Waals surface area contributed by atoms with Crippen LogP contribution in [0.3, 0.4) is 0 Å². The van der Waals surface area contributed by atoms with Gasteiger partial charge >= 0.3 is 0 Å². The molecular weight excluding hydrogens is 286 g/mol. The van der Waals surface area contributed by atoms with Gasteiger partial charge in [-0.15, -0.1) is 0 Å². The van der Waals surface area contributed by atoms with Gasteiger partial charge in [0.15, 0.2) is 0 Å². The highest BCUT2D eigenvalue weighted by Gasteiger charge is 2.16. The predicted molar refractivity (Wildman–Crippen MR) is 97.5 cm³/mol. The largest absolute Gasteiger partial charge is 0.388 e. The van der Waals surface area contributed by atoms with Crippen LogP contribution in [0.2, 0.25) is 0 Å². The van der Waals surface area contributed by atoms with Crippen LogP contribution in [0.15, 0.2) is 36.7 Å². The van der Waals surface area contributed by atoms with Gasteiger partial charge in [0.1, 0.15) is 0 Å². The molecule has 4 N–H and O–H groups in total. The summed E-state index contributed by atoms with van der Waals surface area (Å²) < 4.78 is 0. The summed E-state index contributed by atoms with van der Waals surface area (Å²) in [6.45, 7) is 7.13. The van der Waals surface area contributed by atoms with Crippen molar-refractivity contribution < 1.29 is 0 Å². The molecule has 1 atom stereocenters. The maximum absolute atomic E-state index is 4.11. The van der Waals surface area contributed by atoms with Gasteiger partial charge in [-0.3, -0.25) is 0 Å². The predicted octanol–water partition coefficient (Wildman–Crippen LogP) is 2.45. The minimum absolute atomic E-state index is 0.495. The zero-order chi connectivity index (χ0) is 16.2. The van der Waals surface area contributed by atoms with Gasteiger partial charge in [0.05, 0.1) is 12.4 Å². The SMILES string of the molecule is C=C(NCc1cc2cc(NC)ccc2[nH]1)NC1CCCN(C)C1. The molecule has 124 valence electrons. The third-order valence-electron chi connectivity index (χ3n) is 4.46. The van der Waals surface area contributed by atoms with Gasteiger partial charge in [0.25, 0.3) is 0 Å². The molecule has 23 heavy (non-hydrogen) atoms. The fraction of sp³-hybridized carbons (Fsp3) is 0.444. The summed E-state index contributed by atoms with van der Waals surface area (Å²) in [4.78, 5) is 5.81. The molecule has 0 aliphatic carbocycles.